The van der Waals surface area contributed by atoms with Crippen molar-refractivity contribution in [3.63, 3.8) is 0 Å². The Morgan fingerprint density at radius 2 is 2.14 bits per heavy atom. The highest BCUT2D eigenvalue weighted by Crippen LogP contribution is 2.37. The van der Waals surface area contributed by atoms with Crippen LogP contribution in [0.25, 0.3) is 15.5 Å². The molecule has 0 radical (unpaired) electrons. The molecule has 0 saturated heterocycles. The van der Waals surface area contributed by atoms with Gasteiger partial charge in [0.05, 0.1) is 18.0 Å². The molecule has 0 fully saturated rings. The molecule has 0 saturated carbocycles. The van der Waals surface area contributed by atoms with Gasteiger partial charge in [0.25, 0.3) is 0 Å². The highest BCUT2D eigenvalue weighted by Gasteiger charge is 2.20. The maximum absolute atomic E-state index is 9.63. The van der Waals surface area contributed by atoms with Crippen molar-refractivity contribution in [2.45, 2.75) is 26.4 Å². The lowest BCUT2D eigenvalue weighted by molar-refractivity contribution is 0.174. The van der Waals surface area contributed by atoms with Gasteiger partial charge < -0.3 is 14.6 Å². The maximum Gasteiger partial charge on any atom is 0.231 e. The zero-order chi connectivity index (χ0) is 15.3. The van der Waals surface area contributed by atoms with Crippen LogP contribution in [-0.4, -0.2) is 26.5 Å². The van der Waals surface area contributed by atoms with Gasteiger partial charge in [-0.05, 0) is 24.1 Å². The Labute approximate surface area is 130 Å². The average Bonchev–Trinajstić information content (AvgIpc) is 3.19. The second-order valence-electron chi connectivity index (χ2n) is 5.43. The third kappa shape index (κ3) is 1.97. The van der Waals surface area contributed by atoms with Crippen LogP contribution in [0.4, 0.5) is 0 Å². The summed E-state index contributed by atoms with van der Waals surface area (Å²) in [5.74, 6) is 1.74. The number of hydrogen-bond acceptors (Lipinski definition) is 6. The lowest BCUT2D eigenvalue weighted by Gasteiger charge is -2.03. The third-order valence-corrected chi connectivity index (χ3v) is 4.60. The second-order valence-corrected chi connectivity index (χ2v) is 6.38. The fraction of sp³-hybridized carbons (Fsp3) is 0.333. The first kappa shape index (κ1) is 13.5. The van der Waals surface area contributed by atoms with E-state index in [1.807, 2.05) is 18.2 Å². The lowest BCUT2D eigenvalue weighted by atomic mass is 10.1. The summed E-state index contributed by atoms with van der Waals surface area (Å²) in [4.78, 5) is 5.40. The topological polar surface area (TPSA) is 68.9 Å². The summed E-state index contributed by atoms with van der Waals surface area (Å²) in [7, 11) is 0. The van der Waals surface area contributed by atoms with Gasteiger partial charge in [-0.2, -0.15) is 5.10 Å². The molecule has 0 spiro atoms. The molecule has 1 aromatic carbocycles. The Kier molecular flexibility index (Phi) is 3.05. The molecule has 0 aliphatic carbocycles. The standard InChI is InChI=1S/C15H15N3O3S/c1-8(2)13-10(6-19)18-15(16-13)22-14(17-18)9-3-4-11-12(5-9)21-7-20-11/h3-5,8,19H,6-7H2,1-2H3. The minimum absolute atomic E-state index is 0.0704. The Morgan fingerprint density at radius 3 is 2.91 bits per heavy atom. The van der Waals surface area contributed by atoms with E-state index in [1.165, 1.54) is 11.3 Å². The van der Waals surface area contributed by atoms with Gasteiger partial charge in [-0.1, -0.05) is 25.2 Å². The van der Waals surface area contributed by atoms with Gasteiger partial charge in [0, 0.05) is 5.56 Å². The monoisotopic (exact) mass is 317 g/mol. The molecule has 0 bridgehead atoms. The van der Waals surface area contributed by atoms with E-state index in [0.29, 0.717) is 0 Å². The van der Waals surface area contributed by atoms with E-state index < -0.39 is 0 Å². The summed E-state index contributed by atoms with van der Waals surface area (Å²) in [6.07, 6.45) is 0. The van der Waals surface area contributed by atoms with E-state index in [2.05, 4.69) is 23.9 Å². The summed E-state index contributed by atoms with van der Waals surface area (Å²) < 4.78 is 12.5. The van der Waals surface area contributed by atoms with Crippen LogP contribution in [0.1, 0.15) is 31.2 Å². The number of aromatic nitrogens is 3. The number of aliphatic hydroxyl groups excluding tert-OH is 1. The molecule has 0 atom stereocenters. The van der Waals surface area contributed by atoms with Gasteiger partial charge in [0.2, 0.25) is 11.8 Å². The highest BCUT2D eigenvalue weighted by molar-refractivity contribution is 7.19. The normalized spacial score (nSPS) is 13.5. The van der Waals surface area contributed by atoms with Crippen molar-refractivity contribution in [2.24, 2.45) is 0 Å². The fourth-order valence-electron chi connectivity index (χ4n) is 2.56. The van der Waals surface area contributed by atoms with Crippen molar-refractivity contribution >= 4 is 16.3 Å². The van der Waals surface area contributed by atoms with E-state index in [1.54, 1.807) is 4.52 Å². The second kappa shape index (κ2) is 4.96. The van der Waals surface area contributed by atoms with Gasteiger partial charge in [0.15, 0.2) is 11.5 Å². The third-order valence-electron chi connectivity index (χ3n) is 3.64. The largest absolute Gasteiger partial charge is 0.454 e. The Balaban J connectivity index is 1.81. The minimum atomic E-state index is -0.0704. The smallest absolute Gasteiger partial charge is 0.231 e. The summed E-state index contributed by atoms with van der Waals surface area (Å²) in [6, 6.07) is 5.75. The first-order valence-electron chi connectivity index (χ1n) is 7.06. The summed E-state index contributed by atoms with van der Waals surface area (Å²) in [5.41, 5.74) is 2.61. The molecule has 1 aliphatic rings. The first-order chi connectivity index (χ1) is 10.7. The molecule has 1 N–H and O–H groups in total. The van der Waals surface area contributed by atoms with Crippen LogP contribution in [0.2, 0.25) is 0 Å². The van der Waals surface area contributed by atoms with E-state index in [-0.39, 0.29) is 19.3 Å². The van der Waals surface area contributed by atoms with Gasteiger partial charge >= 0.3 is 0 Å². The van der Waals surface area contributed by atoms with Crippen LogP contribution in [-0.2, 0) is 6.61 Å². The van der Waals surface area contributed by atoms with Crippen molar-refractivity contribution in [2.75, 3.05) is 6.79 Å². The molecule has 7 heteroatoms. The number of rotatable bonds is 3. The number of fused-ring (bicyclic) bond motifs is 2. The molecular formula is C15H15N3O3S. The maximum atomic E-state index is 9.63. The predicted octanol–water partition coefficient (Wildman–Crippen LogP) is 2.80. The molecule has 4 rings (SSSR count). The summed E-state index contributed by atoms with van der Waals surface area (Å²) in [6.45, 7) is 4.31. The fourth-order valence-corrected chi connectivity index (χ4v) is 3.48. The average molecular weight is 317 g/mol. The van der Waals surface area contributed by atoms with Crippen molar-refractivity contribution in [1.82, 2.24) is 14.6 Å². The van der Waals surface area contributed by atoms with Crippen LogP contribution in [0.5, 0.6) is 11.5 Å². The quantitative estimate of drug-likeness (QED) is 0.804. The van der Waals surface area contributed by atoms with Gasteiger partial charge in [-0.25, -0.2) is 9.50 Å². The molecule has 3 heterocycles. The molecule has 0 unspecified atom stereocenters. The van der Waals surface area contributed by atoms with Crippen LogP contribution in [0, 0.1) is 0 Å². The van der Waals surface area contributed by atoms with Gasteiger partial charge in [-0.3, -0.25) is 0 Å². The lowest BCUT2D eigenvalue weighted by Crippen LogP contribution is -1.99. The molecule has 0 amide bonds. The van der Waals surface area contributed by atoms with E-state index in [9.17, 15) is 5.11 Å². The SMILES string of the molecule is CC(C)c1nc2sc(-c3ccc4c(c3)OCO4)nn2c1CO. The molecule has 6 nitrogen and oxygen atoms in total. The number of aliphatic hydroxyl groups is 1. The van der Waals surface area contributed by atoms with Crippen molar-refractivity contribution in [3.05, 3.63) is 29.6 Å². The Morgan fingerprint density at radius 1 is 1.32 bits per heavy atom. The molecular weight excluding hydrogens is 302 g/mol. The number of benzene rings is 1. The van der Waals surface area contributed by atoms with E-state index in [0.717, 1.165) is 38.4 Å². The molecule has 3 aromatic rings. The van der Waals surface area contributed by atoms with Crippen LogP contribution >= 0.6 is 11.3 Å². The molecule has 22 heavy (non-hydrogen) atoms. The number of hydrogen-bond donors (Lipinski definition) is 1. The summed E-state index contributed by atoms with van der Waals surface area (Å²) >= 11 is 1.50. The van der Waals surface area contributed by atoms with Crippen LogP contribution in [0.15, 0.2) is 18.2 Å². The van der Waals surface area contributed by atoms with Gasteiger partial charge in [-0.15, -0.1) is 0 Å². The zero-order valence-electron chi connectivity index (χ0n) is 12.2. The molecule has 2 aromatic heterocycles. The predicted molar refractivity (Wildman–Crippen MR) is 82.4 cm³/mol. The molecule has 1 aliphatic heterocycles. The number of ether oxygens (including phenoxy) is 2. The van der Waals surface area contributed by atoms with E-state index >= 15 is 0 Å². The minimum Gasteiger partial charge on any atom is -0.454 e. The van der Waals surface area contributed by atoms with Crippen molar-refractivity contribution in [3.8, 4) is 22.1 Å². The Bertz CT molecular complexity index is 853. The van der Waals surface area contributed by atoms with Crippen molar-refractivity contribution in [1.29, 1.82) is 0 Å². The van der Waals surface area contributed by atoms with Crippen molar-refractivity contribution < 1.29 is 14.6 Å². The summed E-state index contributed by atoms with van der Waals surface area (Å²) in [5, 5.41) is 15.1. The zero-order valence-corrected chi connectivity index (χ0v) is 13.1. The number of nitrogens with zero attached hydrogens (tertiary/aromatic N) is 3. The first-order valence-corrected chi connectivity index (χ1v) is 7.88. The highest BCUT2D eigenvalue weighted by atomic mass is 32.1. The molecule has 114 valence electrons. The Hall–Kier alpha value is -2.12. The van der Waals surface area contributed by atoms with Gasteiger partial charge in [0.1, 0.15) is 5.01 Å². The van der Waals surface area contributed by atoms with Crippen LogP contribution in [0.3, 0.4) is 0 Å². The van der Waals surface area contributed by atoms with E-state index in [4.69, 9.17) is 9.47 Å². The van der Waals surface area contributed by atoms with Crippen LogP contribution < -0.4 is 9.47 Å². The number of imidazole rings is 1.